The Morgan fingerprint density at radius 2 is 1.95 bits per heavy atom. The van der Waals surface area contributed by atoms with Crippen LogP contribution in [0.15, 0.2) is 53.7 Å². The zero-order chi connectivity index (χ0) is 13.1. The lowest BCUT2D eigenvalue weighted by Crippen LogP contribution is -2.02. The third kappa shape index (κ3) is 2.99. The molecular weight excluding hydrogens is 252 g/mol. The molecule has 0 aliphatic carbocycles. The van der Waals surface area contributed by atoms with Gasteiger partial charge in [0.2, 0.25) is 0 Å². The van der Waals surface area contributed by atoms with Crippen molar-refractivity contribution in [2.45, 2.75) is 18.5 Å². The first kappa shape index (κ1) is 12.3. The Kier molecular flexibility index (Phi) is 3.56. The summed E-state index contributed by atoms with van der Waals surface area (Å²) < 4.78 is 0. The summed E-state index contributed by atoms with van der Waals surface area (Å²) in [7, 11) is 0. The average molecular weight is 269 g/mol. The minimum Gasteiger partial charge on any atom is -0.231 e. The summed E-state index contributed by atoms with van der Waals surface area (Å²) in [6.45, 7) is 2.11. The molecule has 2 N–H and O–H groups in total. The molecule has 0 aliphatic heterocycles. The number of nitrogens with one attached hydrogen (secondary N) is 2. The van der Waals surface area contributed by atoms with Crippen molar-refractivity contribution >= 4 is 22.8 Å². The quantitative estimate of drug-likeness (QED) is 0.720. The minimum atomic E-state index is 1.08. The van der Waals surface area contributed by atoms with Crippen LogP contribution in [0, 0.1) is 6.92 Å². The first-order chi connectivity index (χ1) is 9.31. The molecule has 0 amide bonds. The lowest BCUT2D eigenvalue weighted by Gasteiger charge is -1.96. The van der Waals surface area contributed by atoms with E-state index in [4.69, 9.17) is 0 Å². The molecule has 0 saturated carbocycles. The van der Waals surface area contributed by atoms with Gasteiger partial charge in [0.1, 0.15) is 0 Å². The van der Waals surface area contributed by atoms with Crippen molar-refractivity contribution in [2.24, 2.45) is 0 Å². The van der Waals surface area contributed by atoms with Gasteiger partial charge in [-0.1, -0.05) is 36.4 Å². The van der Waals surface area contributed by atoms with E-state index in [2.05, 4.69) is 65.4 Å². The lowest BCUT2D eigenvalue weighted by atomic mass is 10.2. The molecule has 0 fully saturated rings. The number of aromatic amines is 2. The topological polar surface area (TPSA) is 29.9 Å². The van der Waals surface area contributed by atoms with Crippen LogP contribution in [0.2, 0.25) is 0 Å². The van der Waals surface area contributed by atoms with Gasteiger partial charge in [0, 0.05) is 5.75 Å². The van der Waals surface area contributed by atoms with Gasteiger partial charge in [-0.3, -0.25) is 0 Å². The van der Waals surface area contributed by atoms with E-state index in [9.17, 15) is 0 Å². The minimum absolute atomic E-state index is 1.08. The van der Waals surface area contributed by atoms with Gasteiger partial charge in [-0.05, 0) is 48.4 Å². The Morgan fingerprint density at radius 3 is 2.79 bits per heavy atom. The van der Waals surface area contributed by atoms with Gasteiger partial charge in [-0.15, -0.1) is 0 Å². The zero-order valence-corrected chi connectivity index (χ0v) is 11.8. The second kappa shape index (κ2) is 5.49. The van der Waals surface area contributed by atoms with Crippen LogP contribution < -0.4 is 4.98 Å². The molecule has 0 spiro atoms. The number of hydrogen-bond donors (Lipinski definition) is 1. The smallest absolute Gasteiger partial charge is 0.231 e. The second-order valence-corrected chi connectivity index (χ2v) is 5.82. The van der Waals surface area contributed by atoms with E-state index in [1.54, 1.807) is 0 Å². The van der Waals surface area contributed by atoms with Crippen molar-refractivity contribution in [1.29, 1.82) is 0 Å². The van der Waals surface area contributed by atoms with Gasteiger partial charge < -0.3 is 0 Å². The Balaban J connectivity index is 1.65. The fraction of sp³-hybridized carbons (Fsp3) is 0.188. The Morgan fingerprint density at radius 1 is 1.11 bits per heavy atom. The summed E-state index contributed by atoms with van der Waals surface area (Å²) in [6.07, 6.45) is 1.09. The summed E-state index contributed by atoms with van der Waals surface area (Å²) in [5.41, 5.74) is 5.03. The molecule has 2 nitrogen and oxygen atoms in total. The molecule has 1 aromatic heterocycles. The van der Waals surface area contributed by atoms with E-state index in [1.807, 2.05) is 11.8 Å². The molecule has 0 aliphatic rings. The summed E-state index contributed by atoms with van der Waals surface area (Å²) in [6, 6.07) is 17.0. The third-order valence-corrected chi connectivity index (χ3v) is 4.05. The van der Waals surface area contributed by atoms with Crippen LogP contribution in [0.5, 0.6) is 0 Å². The molecule has 0 saturated heterocycles. The van der Waals surface area contributed by atoms with Crippen molar-refractivity contribution in [3.05, 3.63) is 59.7 Å². The lowest BCUT2D eigenvalue weighted by molar-refractivity contribution is -0.396. The van der Waals surface area contributed by atoms with E-state index in [0.717, 1.165) is 17.3 Å². The van der Waals surface area contributed by atoms with Crippen LogP contribution in [0.1, 0.15) is 11.1 Å². The Hall–Kier alpha value is -1.74. The maximum Gasteiger partial charge on any atom is 0.314 e. The summed E-state index contributed by atoms with van der Waals surface area (Å²) >= 11 is 1.84. The monoisotopic (exact) mass is 269 g/mol. The number of fused-ring (bicyclic) bond motifs is 1. The summed E-state index contributed by atoms with van der Waals surface area (Å²) in [4.78, 5) is 6.85. The predicted octanol–water partition coefficient (Wildman–Crippen LogP) is 3.63. The Bertz CT molecular complexity index is 674. The summed E-state index contributed by atoms with van der Waals surface area (Å²) in [5.74, 6) is 1.08. The third-order valence-electron chi connectivity index (χ3n) is 3.15. The molecule has 0 radical (unpaired) electrons. The highest BCUT2D eigenvalue weighted by molar-refractivity contribution is 7.99. The molecule has 0 unspecified atom stereocenters. The fourth-order valence-electron chi connectivity index (χ4n) is 2.13. The van der Waals surface area contributed by atoms with E-state index in [0.29, 0.717) is 0 Å². The number of hydrogen-bond acceptors (Lipinski definition) is 1. The molecule has 19 heavy (non-hydrogen) atoms. The van der Waals surface area contributed by atoms with Crippen molar-refractivity contribution in [2.75, 3.05) is 5.75 Å². The predicted molar refractivity (Wildman–Crippen MR) is 80.5 cm³/mol. The number of aromatic nitrogens is 2. The molecule has 2 aromatic carbocycles. The van der Waals surface area contributed by atoms with Crippen LogP contribution in [0.3, 0.4) is 0 Å². The second-order valence-electron chi connectivity index (χ2n) is 4.71. The molecule has 1 heterocycles. The maximum absolute atomic E-state index is 3.43. The van der Waals surface area contributed by atoms with E-state index in [-0.39, 0.29) is 0 Å². The average Bonchev–Trinajstić information content (AvgIpc) is 2.82. The largest absolute Gasteiger partial charge is 0.314 e. The number of H-pyrrole nitrogens is 2. The van der Waals surface area contributed by atoms with Crippen molar-refractivity contribution in [1.82, 2.24) is 4.98 Å². The zero-order valence-electron chi connectivity index (χ0n) is 10.9. The van der Waals surface area contributed by atoms with Crippen LogP contribution >= 0.6 is 11.8 Å². The molecule has 3 heteroatoms. The van der Waals surface area contributed by atoms with Crippen molar-refractivity contribution < 1.29 is 4.98 Å². The van der Waals surface area contributed by atoms with E-state index >= 15 is 0 Å². The molecular formula is C16H17N2S+. The van der Waals surface area contributed by atoms with Gasteiger partial charge in [-0.25, -0.2) is 9.97 Å². The summed E-state index contributed by atoms with van der Waals surface area (Å²) in [5, 5.41) is 1.14. The van der Waals surface area contributed by atoms with Crippen LogP contribution in [0.4, 0.5) is 0 Å². The highest BCUT2D eigenvalue weighted by atomic mass is 32.2. The fourth-order valence-corrected chi connectivity index (χ4v) is 3.04. The van der Waals surface area contributed by atoms with Crippen LogP contribution in [-0.2, 0) is 6.42 Å². The highest BCUT2D eigenvalue weighted by Gasteiger charge is 2.10. The molecule has 3 rings (SSSR count). The number of rotatable bonds is 4. The maximum atomic E-state index is 3.43. The SMILES string of the molecule is Cc1ccc2[nH+]c(SCCc3ccccc3)[nH]c2c1. The van der Waals surface area contributed by atoms with E-state index in [1.165, 1.54) is 22.2 Å². The Labute approximate surface area is 117 Å². The van der Waals surface area contributed by atoms with Crippen LogP contribution in [-0.4, -0.2) is 10.7 Å². The van der Waals surface area contributed by atoms with Gasteiger partial charge in [0.25, 0.3) is 0 Å². The molecule has 96 valence electrons. The van der Waals surface area contributed by atoms with Gasteiger partial charge in [-0.2, -0.15) is 0 Å². The molecule has 0 atom stereocenters. The first-order valence-electron chi connectivity index (χ1n) is 6.50. The molecule has 3 aromatic rings. The number of imidazole rings is 1. The number of benzene rings is 2. The van der Waals surface area contributed by atoms with Crippen molar-refractivity contribution in [3.8, 4) is 0 Å². The molecule has 0 bridgehead atoms. The van der Waals surface area contributed by atoms with Gasteiger partial charge in [0.05, 0.1) is 0 Å². The van der Waals surface area contributed by atoms with Crippen molar-refractivity contribution in [3.63, 3.8) is 0 Å². The normalized spacial score (nSPS) is 11.0. The number of thioether (sulfide) groups is 1. The number of aryl methyl sites for hydroxylation is 2. The first-order valence-corrected chi connectivity index (χ1v) is 7.48. The van der Waals surface area contributed by atoms with Gasteiger partial charge in [0.15, 0.2) is 11.0 Å². The highest BCUT2D eigenvalue weighted by Crippen LogP contribution is 2.17. The van der Waals surface area contributed by atoms with E-state index < -0.39 is 0 Å². The van der Waals surface area contributed by atoms with Crippen LogP contribution in [0.25, 0.3) is 11.0 Å². The van der Waals surface area contributed by atoms with Gasteiger partial charge >= 0.3 is 5.16 Å². The standard InChI is InChI=1S/C16H16N2S/c1-12-7-8-14-15(11-12)18-16(17-14)19-10-9-13-5-3-2-4-6-13/h2-8,11H,9-10H2,1H3,(H,17,18)/p+1.